The number of aromatic nitrogens is 2. The Morgan fingerprint density at radius 3 is 2.20 bits per heavy atom. The van der Waals surface area contributed by atoms with Crippen molar-refractivity contribution in [3.63, 3.8) is 0 Å². The second kappa shape index (κ2) is 12.8. The third kappa shape index (κ3) is 6.82. The van der Waals surface area contributed by atoms with Crippen molar-refractivity contribution < 1.29 is 21.5 Å². The van der Waals surface area contributed by atoms with Crippen LogP contribution in [-0.2, 0) is 20.1 Å². The third-order valence-corrected chi connectivity index (χ3v) is 8.93. The van der Waals surface area contributed by atoms with Crippen molar-refractivity contribution in [3.05, 3.63) is 127 Å². The second-order valence-electron chi connectivity index (χ2n) is 11.0. The van der Waals surface area contributed by atoms with Crippen LogP contribution in [0.4, 0.5) is 0 Å². The number of benzene rings is 4. The van der Waals surface area contributed by atoms with Gasteiger partial charge in [0.1, 0.15) is 0 Å². The summed E-state index contributed by atoms with van der Waals surface area (Å²) in [4.78, 5) is 9.00. The van der Waals surface area contributed by atoms with E-state index in [1.807, 2.05) is 62.5 Å². The molecule has 6 rings (SSSR count). The molecule has 0 bridgehead atoms. The molecule has 0 aliphatic heterocycles. The van der Waals surface area contributed by atoms with E-state index < -0.39 is 14.0 Å². The summed E-state index contributed by atoms with van der Waals surface area (Å²) in [5, 5.41) is 6.26. The summed E-state index contributed by atoms with van der Waals surface area (Å²) in [6.45, 7) is 10.8. The first-order valence-electron chi connectivity index (χ1n) is 13.8. The quantitative estimate of drug-likeness (QED) is 0.103. The molecular weight excluding hydrogens is 681 g/mol. The van der Waals surface area contributed by atoms with Crippen molar-refractivity contribution in [2.24, 2.45) is 0 Å². The SMILES string of the molecule is C[Si](C)(C)c1ccc(-c2[c-]cccc2)nc1.[2H]C(C)(C)c1ccnc(-c2[c-]cc3c(ccc4ccccc43)c2)c1.[Ir]. The number of hydrogen-bond donors (Lipinski definition) is 0. The first kappa shape index (κ1) is 28.1. The fourth-order valence-corrected chi connectivity index (χ4v) is 5.57. The predicted octanol–water partition coefficient (Wildman–Crippen LogP) is 9.07. The van der Waals surface area contributed by atoms with E-state index in [0.717, 1.165) is 28.1 Å². The minimum atomic E-state index is -1.23. The van der Waals surface area contributed by atoms with Gasteiger partial charge in [0.15, 0.2) is 0 Å². The Hall–Kier alpha value is -3.43. The molecule has 4 aromatic carbocycles. The molecule has 6 aromatic rings. The summed E-state index contributed by atoms with van der Waals surface area (Å²) >= 11 is 0. The molecule has 0 spiro atoms. The normalized spacial score (nSPS) is 11.8. The Labute approximate surface area is 254 Å². The molecule has 0 saturated carbocycles. The fourth-order valence-electron chi connectivity index (χ4n) is 4.53. The molecule has 0 N–H and O–H groups in total. The van der Waals surface area contributed by atoms with Gasteiger partial charge >= 0.3 is 0 Å². The molecule has 0 atom stereocenters. The Kier molecular flexibility index (Phi) is 9.01. The van der Waals surface area contributed by atoms with Gasteiger partial charge in [-0.2, -0.15) is 0 Å². The molecule has 0 fully saturated rings. The van der Waals surface area contributed by atoms with Crippen LogP contribution in [0, 0.1) is 12.1 Å². The average Bonchev–Trinajstić information content (AvgIpc) is 2.97. The van der Waals surface area contributed by atoms with Gasteiger partial charge in [-0.05, 0) is 33.9 Å². The van der Waals surface area contributed by atoms with Gasteiger partial charge in [0.05, 0.1) is 8.07 Å². The van der Waals surface area contributed by atoms with E-state index >= 15 is 0 Å². The van der Waals surface area contributed by atoms with Crippen LogP contribution in [0.1, 0.15) is 26.7 Å². The zero-order valence-electron chi connectivity index (χ0n) is 24.6. The monoisotopic (exact) mass is 716 g/mol. The van der Waals surface area contributed by atoms with Gasteiger partial charge in [-0.15, -0.1) is 65.0 Å². The largest absolute Gasteiger partial charge is 0.305 e. The number of rotatable bonds is 4. The van der Waals surface area contributed by atoms with E-state index in [1.54, 1.807) is 6.20 Å². The van der Waals surface area contributed by atoms with Crippen molar-refractivity contribution >= 4 is 34.8 Å². The van der Waals surface area contributed by atoms with E-state index in [9.17, 15) is 0 Å². The Bertz CT molecular complexity index is 1760. The molecule has 0 aliphatic carbocycles. The fraction of sp³-hybridized carbons (Fsp3) is 0.167. The smallest absolute Gasteiger partial charge is 0.0795 e. The molecular formula is C36H34IrN2Si-2. The first-order valence-corrected chi connectivity index (χ1v) is 16.8. The summed E-state index contributed by atoms with van der Waals surface area (Å²) < 4.78 is 8.22. The van der Waals surface area contributed by atoms with Gasteiger partial charge < -0.3 is 9.97 Å². The summed E-state index contributed by atoms with van der Waals surface area (Å²) in [5.74, 6) is -0.634. The molecule has 2 heterocycles. The average molecular weight is 716 g/mol. The molecule has 1 radical (unpaired) electrons. The number of hydrogen-bond acceptors (Lipinski definition) is 2. The molecule has 0 amide bonds. The Morgan fingerprint density at radius 2 is 1.50 bits per heavy atom. The Balaban J connectivity index is 0.000000200. The number of nitrogens with zero attached hydrogens (tertiary/aromatic N) is 2. The molecule has 203 valence electrons. The van der Waals surface area contributed by atoms with E-state index in [1.165, 1.54) is 26.7 Å². The van der Waals surface area contributed by atoms with Crippen LogP contribution in [0.25, 0.3) is 44.1 Å². The summed E-state index contributed by atoms with van der Waals surface area (Å²) in [6.07, 6.45) is 3.79. The van der Waals surface area contributed by atoms with Crippen LogP contribution < -0.4 is 5.19 Å². The third-order valence-electron chi connectivity index (χ3n) is 6.90. The number of fused-ring (bicyclic) bond motifs is 3. The van der Waals surface area contributed by atoms with Gasteiger partial charge in [0, 0.05) is 33.9 Å². The summed E-state index contributed by atoms with van der Waals surface area (Å²) in [7, 11) is -1.23. The molecule has 4 heteroatoms. The molecule has 2 nitrogen and oxygen atoms in total. The van der Waals surface area contributed by atoms with Crippen LogP contribution in [0.2, 0.25) is 19.6 Å². The van der Waals surface area contributed by atoms with E-state index in [4.69, 9.17) is 1.37 Å². The molecule has 0 aliphatic rings. The van der Waals surface area contributed by atoms with Crippen molar-refractivity contribution in [1.82, 2.24) is 9.97 Å². The minimum absolute atomic E-state index is 0. The van der Waals surface area contributed by atoms with Crippen molar-refractivity contribution in [2.45, 2.75) is 39.4 Å². The van der Waals surface area contributed by atoms with Crippen molar-refractivity contribution in [3.8, 4) is 22.5 Å². The van der Waals surface area contributed by atoms with Crippen LogP contribution in [0.5, 0.6) is 0 Å². The summed E-state index contributed by atoms with van der Waals surface area (Å²) in [5.41, 5.74) is 4.85. The minimum Gasteiger partial charge on any atom is -0.305 e. The van der Waals surface area contributed by atoms with Gasteiger partial charge in [0.25, 0.3) is 0 Å². The molecule has 40 heavy (non-hydrogen) atoms. The van der Waals surface area contributed by atoms with Crippen molar-refractivity contribution in [2.75, 3.05) is 0 Å². The van der Waals surface area contributed by atoms with Gasteiger partial charge in [-0.1, -0.05) is 104 Å². The van der Waals surface area contributed by atoms with E-state index in [0.29, 0.717) is 0 Å². The maximum absolute atomic E-state index is 8.22. The molecule has 0 saturated heterocycles. The molecule has 2 aromatic heterocycles. The van der Waals surface area contributed by atoms with E-state index in [-0.39, 0.29) is 20.1 Å². The predicted molar refractivity (Wildman–Crippen MR) is 169 cm³/mol. The van der Waals surface area contributed by atoms with E-state index in [2.05, 4.69) is 96.3 Å². The maximum atomic E-state index is 8.22. The maximum Gasteiger partial charge on any atom is 0.0795 e. The van der Waals surface area contributed by atoms with Gasteiger partial charge in [-0.3, -0.25) is 0 Å². The topological polar surface area (TPSA) is 25.8 Å². The standard InChI is InChI=1S/C22H18N.C14H16NSi.Ir/c1-15(2)17-11-12-23-22(14-17)19-9-10-21-18(13-19)8-7-16-5-3-4-6-20(16)21;1-16(2,3)13-9-10-14(15-11-13)12-7-5-4-6-8-12;/h3-8,10-15H,1-2H3;4-7,9-11H,1-3H3;/q2*-1;/i15D;;. The van der Waals surface area contributed by atoms with Crippen LogP contribution >= 0.6 is 0 Å². The second-order valence-corrected chi connectivity index (χ2v) is 16.1. The zero-order valence-corrected chi connectivity index (χ0v) is 27.0. The Morgan fingerprint density at radius 1 is 0.725 bits per heavy atom. The number of pyridine rings is 2. The zero-order chi connectivity index (χ0) is 28.3. The van der Waals surface area contributed by atoms with Crippen LogP contribution in [0.15, 0.2) is 109 Å². The van der Waals surface area contributed by atoms with Gasteiger partial charge in [-0.25, -0.2) is 0 Å². The first-order chi connectivity index (χ1) is 19.1. The van der Waals surface area contributed by atoms with Gasteiger partial charge in [0.2, 0.25) is 0 Å². The van der Waals surface area contributed by atoms with Crippen molar-refractivity contribution in [1.29, 1.82) is 0 Å². The van der Waals surface area contributed by atoms with Crippen LogP contribution in [-0.4, -0.2) is 18.0 Å². The summed E-state index contributed by atoms with van der Waals surface area (Å²) in [6, 6.07) is 39.6. The molecule has 0 unspecified atom stereocenters. The van der Waals surface area contributed by atoms with Crippen LogP contribution in [0.3, 0.4) is 0 Å².